The SMILES string of the molecule is CC(C)CCCCCCOCCOC(=O)C1CCC(C(=O)O)CC1. The zero-order valence-corrected chi connectivity index (χ0v) is 15.3. The summed E-state index contributed by atoms with van der Waals surface area (Å²) in [5, 5.41) is 8.95. The van der Waals surface area contributed by atoms with Crippen LogP contribution in [0.2, 0.25) is 0 Å². The molecule has 0 amide bonds. The molecule has 0 radical (unpaired) electrons. The topological polar surface area (TPSA) is 72.8 Å². The Morgan fingerprint density at radius 1 is 0.917 bits per heavy atom. The first-order chi connectivity index (χ1) is 11.5. The number of carboxylic acid groups (broad SMARTS) is 1. The Bertz CT molecular complexity index is 359. The van der Waals surface area contributed by atoms with Crippen LogP contribution < -0.4 is 0 Å². The summed E-state index contributed by atoms with van der Waals surface area (Å²) in [6.45, 7) is 5.97. The van der Waals surface area contributed by atoms with Crippen LogP contribution in [-0.2, 0) is 19.1 Å². The number of carboxylic acids is 1. The molecule has 0 spiro atoms. The Hall–Kier alpha value is -1.10. The van der Waals surface area contributed by atoms with Crippen LogP contribution in [0.4, 0.5) is 0 Å². The normalized spacial score (nSPS) is 21.0. The van der Waals surface area contributed by atoms with Gasteiger partial charge in [0.2, 0.25) is 0 Å². The number of ether oxygens (including phenoxy) is 2. The minimum atomic E-state index is -0.751. The molecular weight excluding hydrogens is 308 g/mol. The smallest absolute Gasteiger partial charge is 0.309 e. The Morgan fingerprint density at radius 3 is 2.17 bits per heavy atom. The van der Waals surface area contributed by atoms with Gasteiger partial charge in [-0.3, -0.25) is 9.59 Å². The van der Waals surface area contributed by atoms with E-state index in [9.17, 15) is 9.59 Å². The Balaban J connectivity index is 1.92. The van der Waals surface area contributed by atoms with E-state index in [1.54, 1.807) is 0 Å². The maximum Gasteiger partial charge on any atom is 0.309 e. The molecule has 1 aliphatic rings. The predicted octanol–water partition coefficient (Wildman–Crippen LogP) is 4.04. The van der Waals surface area contributed by atoms with E-state index >= 15 is 0 Å². The van der Waals surface area contributed by atoms with Gasteiger partial charge in [0.15, 0.2) is 0 Å². The summed E-state index contributed by atoms with van der Waals surface area (Å²) in [6.07, 6.45) is 8.48. The van der Waals surface area contributed by atoms with Gasteiger partial charge in [-0.1, -0.05) is 39.5 Å². The van der Waals surface area contributed by atoms with Crippen LogP contribution in [0.5, 0.6) is 0 Å². The van der Waals surface area contributed by atoms with Crippen molar-refractivity contribution in [3.63, 3.8) is 0 Å². The van der Waals surface area contributed by atoms with Gasteiger partial charge >= 0.3 is 11.9 Å². The van der Waals surface area contributed by atoms with Crippen molar-refractivity contribution in [3.8, 4) is 0 Å². The number of hydrogen-bond acceptors (Lipinski definition) is 4. The van der Waals surface area contributed by atoms with Crippen LogP contribution >= 0.6 is 0 Å². The molecule has 0 aromatic rings. The summed E-state index contributed by atoms with van der Waals surface area (Å²) >= 11 is 0. The number of hydrogen-bond donors (Lipinski definition) is 1. The largest absolute Gasteiger partial charge is 0.481 e. The molecule has 0 unspecified atom stereocenters. The lowest BCUT2D eigenvalue weighted by atomic mass is 9.82. The Kier molecular flexibility index (Phi) is 10.7. The highest BCUT2D eigenvalue weighted by Crippen LogP contribution is 2.29. The average Bonchev–Trinajstić information content (AvgIpc) is 2.56. The summed E-state index contributed by atoms with van der Waals surface area (Å²) in [4.78, 5) is 22.8. The maximum atomic E-state index is 11.9. The fourth-order valence-electron chi connectivity index (χ4n) is 3.11. The highest BCUT2D eigenvalue weighted by Gasteiger charge is 2.30. The quantitative estimate of drug-likeness (QED) is 0.428. The average molecular weight is 342 g/mol. The summed E-state index contributed by atoms with van der Waals surface area (Å²) < 4.78 is 10.7. The van der Waals surface area contributed by atoms with Crippen LogP contribution in [-0.4, -0.2) is 36.9 Å². The molecule has 0 atom stereocenters. The third-order valence-electron chi connectivity index (χ3n) is 4.70. The third kappa shape index (κ3) is 9.26. The number of rotatable bonds is 12. The lowest BCUT2D eigenvalue weighted by Crippen LogP contribution is -2.27. The number of carbonyl (C=O) groups is 2. The molecule has 1 aliphatic carbocycles. The molecule has 1 N–H and O–H groups in total. The molecule has 0 aliphatic heterocycles. The van der Waals surface area contributed by atoms with Crippen molar-refractivity contribution in [1.29, 1.82) is 0 Å². The van der Waals surface area contributed by atoms with Gasteiger partial charge in [0.05, 0.1) is 18.4 Å². The van der Waals surface area contributed by atoms with Gasteiger partial charge in [-0.15, -0.1) is 0 Å². The summed E-state index contributed by atoms with van der Waals surface area (Å²) in [6, 6.07) is 0. The van der Waals surface area contributed by atoms with E-state index in [-0.39, 0.29) is 17.8 Å². The van der Waals surface area contributed by atoms with E-state index in [1.807, 2.05) is 0 Å². The maximum absolute atomic E-state index is 11.9. The highest BCUT2D eigenvalue weighted by atomic mass is 16.6. The third-order valence-corrected chi connectivity index (χ3v) is 4.70. The molecule has 0 saturated heterocycles. The molecule has 1 rings (SSSR count). The van der Waals surface area contributed by atoms with Crippen molar-refractivity contribution in [1.82, 2.24) is 0 Å². The molecule has 0 bridgehead atoms. The van der Waals surface area contributed by atoms with Gasteiger partial charge in [-0.2, -0.15) is 0 Å². The van der Waals surface area contributed by atoms with Crippen molar-refractivity contribution in [2.75, 3.05) is 19.8 Å². The van der Waals surface area contributed by atoms with E-state index in [4.69, 9.17) is 14.6 Å². The molecule has 140 valence electrons. The first-order valence-corrected chi connectivity index (χ1v) is 9.48. The van der Waals surface area contributed by atoms with Crippen molar-refractivity contribution in [2.45, 2.75) is 71.6 Å². The molecular formula is C19H34O5. The van der Waals surface area contributed by atoms with Crippen molar-refractivity contribution in [3.05, 3.63) is 0 Å². The van der Waals surface area contributed by atoms with Crippen LogP contribution in [0.15, 0.2) is 0 Å². The van der Waals surface area contributed by atoms with Gasteiger partial charge in [-0.05, 0) is 38.0 Å². The Labute approximate surface area is 146 Å². The monoisotopic (exact) mass is 342 g/mol. The van der Waals surface area contributed by atoms with Crippen molar-refractivity contribution < 1.29 is 24.2 Å². The summed E-state index contributed by atoms with van der Waals surface area (Å²) in [5.41, 5.74) is 0. The van der Waals surface area contributed by atoms with Crippen molar-refractivity contribution in [2.24, 2.45) is 17.8 Å². The minimum Gasteiger partial charge on any atom is -0.481 e. The number of aliphatic carboxylic acids is 1. The molecule has 5 nitrogen and oxygen atoms in total. The van der Waals surface area contributed by atoms with Crippen molar-refractivity contribution >= 4 is 11.9 Å². The second-order valence-corrected chi connectivity index (χ2v) is 7.26. The van der Waals surface area contributed by atoms with Gasteiger partial charge in [0.1, 0.15) is 6.61 Å². The van der Waals surface area contributed by atoms with E-state index in [2.05, 4.69) is 13.8 Å². The predicted molar refractivity (Wildman–Crippen MR) is 92.8 cm³/mol. The molecule has 0 aromatic heterocycles. The second-order valence-electron chi connectivity index (χ2n) is 7.26. The molecule has 24 heavy (non-hydrogen) atoms. The van der Waals surface area contributed by atoms with Gasteiger partial charge in [-0.25, -0.2) is 0 Å². The second kappa shape index (κ2) is 12.3. The molecule has 1 saturated carbocycles. The Morgan fingerprint density at radius 2 is 1.54 bits per heavy atom. The zero-order valence-electron chi connectivity index (χ0n) is 15.3. The minimum absolute atomic E-state index is 0.137. The van der Waals surface area contributed by atoms with E-state index < -0.39 is 5.97 Å². The van der Waals surface area contributed by atoms with Gasteiger partial charge < -0.3 is 14.6 Å². The lowest BCUT2D eigenvalue weighted by Gasteiger charge is -2.24. The molecule has 5 heteroatoms. The van der Waals surface area contributed by atoms with Crippen LogP contribution in [0.3, 0.4) is 0 Å². The standard InChI is InChI=1S/C19H34O5/c1-15(2)7-5-3-4-6-12-23-13-14-24-19(22)17-10-8-16(9-11-17)18(20)21/h15-17H,3-14H2,1-2H3,(H,20,21). The zero-order chi connectivity index (χ0) is 17.8. The number of carbonyl (C=O) groups excluding carboxylic acids is 1. The highest BCUT2D eigenvalue weighted by molar-refractivity contribution is 5.74. The number of esters is 1. The van der Waals surface area contributed by atoms with E-state index in [0.29, 0.717) is 38.9 Å². The summed E-state index contributed by atoms with van der Waals surface area (Å²) in [7, 11) is 0. The molecule has 0 aromatic carbocycles. The van der Waals surface area contributed by atoms with E-state index in [0.717, 1.165) is 18.9 Å². The van der Waals surface area contributed by atoms with Crippen LogP contribution in [0, 0.1) is 17.8 Å². The summed E-state index contributed by atoms with van der Waals surface area (Å²) in [5.74, 6) is -0.592. The van der Waals surface area contributed by atoms with E-state index in [1.165, 1.54) is 25.7 Å². The fraction of sp³-hybridized carbons (Fsp3) is 0.895. The molecule has 0 heterocycles. The van der Waals surface area contributed by atoms with Gasteiger partial charge in [0.25, 0.3) is 0 Å². The van der Waals surface area contributed by atoms with Crippen LogP contribution in [0.25, 0.3) is 0 Å². The first kappa shape index (κ1) is 20.9. The lowest BCUT2D eigenvalue weighted by molar-refractivity contribution is -0.153. The first-order valence-electron chi connectivity index (χ1n) is 9.48. The number of unbranched alkanes of at least 4 members (excludes halogenated alkanes) is 3. The fourth-order valence-corrected chi connectivity index (χ4v) is 3.11. The molecule has 1 fully saturated rings. The van der Waals surface area contributed by atoms with Crippen LogP contribution in [0.1, 0.15) is 71.6 Å². The van der Waals surface area contributed by atoms with Gasteiger partial charge in [0, 0.05) is 6.61 Å².